The third-order valence-electron chi connectivity index (χ3n) is 1.73. The van der Waals surface area contributed by atoms with Crippen LogP contribution in [0.2, 0.25) is 0 Å². The third kappa shape index (κ3) is 3.75. The average Bonchev–Trinajstić information content (AvgIpc) is 2.16. The SMILES string of the molecule is CNCc1cccc(C=CCBr)c1. The lowest BCUT2D eigenvalue weighted by atomic mass is 10.1. The average molecular weight is 240 g/mol. The van der Waals surface area contributed by atoms with E-state index in [1.165, 1.54) is 11.1 Å². The van der Waals surface area contributed by atoms with Crippen molar-refractivity contribution >= 4 is 22.0 Å². The van der Waals surface area contributed by atoms with E-state index in [1.54, 1.807) is 0 Å². The molecule has 0 heterocycles. The lowest BCUT2D eigenvalue weighted by Crippen LogP contribution is -2.04. The van der Waals surface area contributed by atoms with E-state index < -0.39 is 0 Å². The van der Waals surface area contributed by atoms with E-state index in [2.05, 4.69) is 57.7 Å². The molecular formula is C11H14BrN. The van der Waals surface area contributed by atoms with E-state index in [9.17, 15) is 0 Å². The molecule has 0 aliphatic rings. The first-order valence-corrected chi connectivity index (χ1v) is 5.45. The zero-order valence-electron chi connectivity index (χ0n) is 7.76. The number of allylic oxidation sites excluding steroid dienone is 1. The summed E-state index contributed by atoms with van der Waals surface area (Å²) >= 11 is 3.36. The van der Waals surface area contributed by atoms with Gasteiger partial charge in [0.1, 0.15) is 0 Å². The van der Waals surface area contributed by atoms with Gasteiger partial charge in [0.25, 0.3) is 0 Å². The van der Waals surface area contributed by atoms with Gasteiger partial charge in [0, 0.05) is 11.9 Å². The van der Waals surface area contributed by atoms with Crippen LogP contribution in [0.1, 0.15) is 11.1 Å². The van der Waals surface area contributed by atoms with E-state index in [0.717, 1.165) is 11.9 Å². The van der Waals surface area contributed by atoms with Crippen LogP contribution in [0, 0.1) is 0 Å². The normalized spacial score (nSPS) is 10.9. The van der Waals surface area contributed by atoms with Crippen molar-refractivity contribution in [1.29, 1.82) is 0 Å². The van der Waals surface area contributed by atoms with Gasteiger partial charge in [-0.2, -0.15) is 0 Å². The van der Waals surface area contributed by atoms with Gasteiger partial charge >= 0.3 is 0 Å². The minimum atomic E-state index is 0.906. The quantitative estimate of drug-likeness (QED) is 0.798. The summed E-state index contributed by atoms with van der Waals surface area (Å²) < 4.78 is 0. The van der Waals surface area contributed by atoms with Crippen LogP contribution in [-0.2, 0) is 6.54 Å². The van der Waals surface area contributed by atoms with Crippen molar-refractivity contribution < 1.29 is 0 Å². The van der Waals surface area contributed by atoms with Gasteiger partial charge in [-0.3, -0.25) is 0 Å². The van der Waals surface area contributed by atoms with Crippen LogP contribution in [0.4, 0.5) is 0 Å². The second-order valence-electron chi connectivity index (χ2n) is 2.83. The fraction of sp³-hybridized carbons (Fsp3) is 0.273. The van der Waals surface area contributed by atoms with Crippen molar-refractivity contribution in [3.63, 3.8) is 0 Å². The lowest BCUT2D eigenvalue weighted by molar-refractivity contribution is 0.818. The zero-order valence-corrected chi connectivity index (χ0v) is 9.34. The molecule has 0 atom stereocenters. The summed E-state index contributed by atoms with van der Waals surface area (Å²) in [4.78, 5) is 0. The maximum atomic E-state index is 3.36. The fourth-order valence-electron chi connectivity index (χ4n) is 1.19. The Balaban J connectivity index is 2.73. The Morgan fingerprint density at radius 3 is 3.00 bits per heavy atom. The molecular weight excluding hydrogens is 226 g/mol. The van der Waals surface area contributed by atoms with Gasteiger partial charge in [-0.15, -0.1) is 0 Å². The maximum absolute atomic E-state index is 3.36. The second-order valence-corrected chi connectivity index (χ2v) is 3.48. The molecule has 1 rings (SSSR count). The molecule has 0 aromatic heterocycles. The summed E-state index contributed by atoms with van der Waals surface area (Å²) in [6.45, 7) is 0.927. The number of alkyl halides is 1. The summed E-state index contributed by atoms with van der Waals surface area (Å²) in [5.41, 5.74) is 2.58. The van der Waals surface area contributed by atoms with Gasteiger partial charge in [-0.1, -0.05) is 52.3 Å². The Kier molecular flexibility index (Phi) is 4.79. The van der Waals surface area contributed by atoms with Gasteiger partial charge in [-0.25, -0.2) is 0 Å². The van der Waals surface area contributed by atoms with Crippen LogP contribution in [0.5, 0.6) is 0 Å². The molecule has 1 N–H and O–H groups in total. The molecule has 2 heteroatoms. The lowest BCUT2D eigenvalue weighted by Gasteiger charge is -2.00. The van der Waals surface area contributed by atoms with Crippen molar-refractivity contribution in [1.82, 2.24) is 5.32 Å². The maximum Gasteiger partial charge on any atom is 0.0215 e. The van der Waals surface area contributed by atoms with Gasteiger partial charge < -0.3 is 5.32 Å². The molecule has 0 saturated heterocycles. The number of hydrogen-bond acceptors (Lipinski definition) is 1. The summed E-state index contributed by atoms with van der Waals surface area (Å²) in [6.07, 6.45) is 4.21. The van der Waals surface area contributed by atoms with E-state index in [-0.39, 0.29) is 0 Å². The first-order chi connectivity index (χ1) is 6.36. The van der Waals surface area contributed by atoms with Gasteiger partial charge in [-0.05, 0) is 18.2 Å². The molecule has 0 bridgehead atoms. The number of nitrogens with one attached hydrogen (secondary N) is 1. The molecule has 1 aromatic carbocycles. The van der Waals surface area contributed by atoms with Crippen molar-refractivity contribution in [2.45, 2.75) is 6.54 Å². The zero-order chi connectivity index (χ0) is 9.52. The van der Waals surface area contributed by atoms with Gasteiger partial charge in [0.15, 0.2) is 0 Å². The van der Waals surface area contributed by atoms with E-state index in [4.69, 9.17) is 0 Å². The van der Waals surface area contributed by atoms with E-state index >= 15 is 0 Å². The molecule has 70 valence electrons. The summed E-state index contributed by atoms with van der Waals surface area (Å²) in [5, 5.41) is 4.04. The third-order valence-corrected chi connectivity index (χ3v) is 2.11. The second kappa shape index (κ2) is 5.95. The van der Waals surface area contributed by atoms with Crippen molar-refractivity contribution in [3.05, 3.63) is 41.5 Å². The van der Waals surface area contributed by atoms with E-state index in [1.807, 2.05) is 7.05 Å². The number of rotatable bonds is 4. The highest BCUT2D eigenvalue weighted by Gasteiger charge is 1.90. The number of benzene rings is 1. The Morgan fingerprint density at radius 1 is 1.46 bits per heavy atom. The standard InChI is InChI=1S/C11H14BrN/c1-13-9-11-5-2-4-10(8-11)6-3-7-12/h2-6,8,13H,7,9H2,1H3. The van der Waals surface area contributed by atoms with E-state index in [0.29, 0.717) is 0 Å². The van der Waals surface area contributed by atoms with Crippen LogP contribution in [0.3, 0.4) is 0 Å². The summed E-state index contributed by atoms with van der Waals surface area (Å²) in [7, 11) is 1.96. The Morgan fingerprint density at radius 2 is 2.31 bits per heavy atom. The number of halogens is 1. The monoisotopic (exact) mass is 239 g/mol. The van der Waals surface area contributed by atoms with Crippen molar-refractivity contribution in [3.8, 4) is 0 Å². The fourth-order valence-corrected chi connectivity index (χ4v) is 1.38. The Labute approximate surface area is 88.0 Å². The number of hydrogen-bond donors (Lipinski definition) is 1. The predicted molar refractivity (Wildman–Crippen MR) is 62.0 cm³/mol. The van der Waals surface area contributed by atoms with Crippen LogP contribution >= 0.6 is 15.9 Å². The molecule has 0 fully saturated rings. The Bertz CT molecular complexity index is 281. The minimum absolute atomic E-state index is 0.906. The highest BCUT2D eigenvalue weighted by Crippen LogP contribution is 2.07. The van der Waals surface area contributed by atoms with Crippen LogP contribution in [0.25, 0.3) is 6.08 Å². The minimum Gasteiger partial charge on any atom is -0.316 e. The molecule has 0 aliphatic carbocycles. The molecule has 0 aliphatic heterocycles. The first-order valence-electron chi connectivity index (χ1n) is 4.33. The highest BCUT2D eigenvalue weighted by atomic mass is 79.9. The van der Waals surface area contributed by atoms with Crippen LogP contribution in [0.15, 0.2) is 30.3 Å². The topological polar surface area (TPSA) is 12.0 Å². The molecule has 0 radical (unpaired) electrons. The largest absolute Gasteiger partial charge is 0.316 e. The van der Waals surface area contributed by atoms with Crippen LogP contribution in [-0.4, -0.2) is 12.4 Å². The van der Waals surface area contributed by atoms with Gasteiger partial charge in [0.2, 0.25) is 0 Å². The van der Waals surface area contributed by atoms with Crippen molar-refractivity contribution in [2.75, 3.05) is 12.4 Å². The smallest absolute Gasteiger partial charge is 0.0215 e. The summed E-state index contributed by atoms with van der Waals surface area (Å²) in [6, 6.07) is 8.51. The first kappa shape index (κ1) is 10.5. The van der Waals surface area contributed by atoms with Crippen molar-refractivity contribution in [2.24, 2.45) is 0 Å². The predicted octanol–water partition coefficient (Wildman–Crippen LogP) is 2.81. The Hall–Kier alpha value is -0.600. The molecule has 0 saturated carbocycles. The molecule has 0 spiro atoms. The molecule has 1 aromatic rings. The van der Waals surface area contributed by atoms with Crippen LogP contribution < -0.4 is 5.32 Å². The van der Waals surface area contributed by atoms with Gasteiger partial charge in [0.05, 0.1) is 0 Å². The molecule has 0 unspecified atom stereocenters. The highest BCUT2D eigenvalue weighted by molar-refractivity contribution is 9.09. The molecule has 1 nitrogen and oxygen atoms in total. The molecule has 0 amide bonds. The summed E-state index contributed by atoms with van der Waals surface area (Å²) in [5.74, 6) is 0. The molecule has 13 heavy (non-hydrogen) atoms.